The van der Waals surface area contributed by atoms with Gasteiger partial charge >= 0.3 is 95.3 Å². The molecule has 1 N–H and O–H groups in total. The molecule has 0 spiro atoms. The smallest absolute Gasteiger partial charge is 0.394 e. The van der Waals surface area contributed by atoms with Gasteiger partial charge in [0.25, 0.3) is 0 Å². The summed E-state index contributed by atoms with van der Waals surface area (Å²) in [6.45, 7) is -0.603. The number of hydrogen-bond donors (Lipinski definition) is 1. The fourth-order valence-electron chi connectivity index (χ4n) is 6.45. The Balaban J connectivity index is 4.60. The predicted octanol–water partition coefficient (Wildman–Crippen LogP) is 17.4. The van der Waals surface area contributed by atoms with Gasteiger partial charge in [0.1, 0.15) is 6.10 Å². The lowest BCUT2D eigenvalue weighted by atomic mass is 9.87. The Morgan fingerprint density at radius 3 is 0.711 bits per heavy atom. The molecule has 0 saturated carbocycles. The lowest BCUT2D eigenvalue weighted by Gasteiger charge is -2.42. The highest BCUT2D eigenvalue weighted by Crippen LogP contribution is 2.66. The summed E-state index contributed by atoms with van der Waals surface area (Å²) in [6, 6.07) is 0. The standard InChI is InChI=1S/C39H46F34O3/c40-24(41,26(44,45)28(48,49)30(52,53)32(56,57)34(60,61)36(64,65)38(68,69)70)17-13-9-5-1-3-7-11-15-19-75-22-23(21-74)76-20-16-12-8-4-2-6-10-14-18-25(42,43)27(46,47)29(50,51)31(54,55)33(58,59)35(62,63)37(66,67)39(71,72)73/h23,74H,1-22H2. The summed E-state index contributed by atoms with van der Waals surface area (Å²) in [6.07, 6.45) is -22.3. The zero-order valence-corrected chi connectivity index (χ0v) is 38.2. The SMILES string of the molecule is OCC(COCCCCCCCCCCC(F)(F)C(F)(F)C(F)(F)C(F)(F)C(F)(F)C(F)(F)C(F)(F)C(F)(F)F)OCCCCCCCCCCC(F)(F)C(F)(F)C(F)(F)C(F)(F)C(F)(F)C(F)(F)C(F)(F)C(F)(F)F. The Kier molecular flexibility index (Phi) is 24.7. The summed E-state index contributed by atoms with van der Waals surface area (Å²) in [4.78, 5) is 0. The number of unbranched alkanes of at least 4 members (excludes halogenated alkanes) is 14. The van der Waals surface area contributed by atoms with Crippen LogP contribution in [0, 0.1) is 0 Å². The third-order valence-electron chi connectivity index (χ3n) is 11.3. The average molecular weight is 1210 g/mol. The van der Waals surface area contributed by atoms with Crippen LogP contribution in [0.3, 0.4) is 0 Å². The molecule has 0 bridgehead atoms. The molecule has 0 aliphatic carbocycles. The van der Waals surface area contributed by atoms with Gasteiger partial charge in [-0.3, -0.25) is 0 Å². The minimum atomic E-state index is -8.70. The third kappa shape index (κ3) is 14.5. The van der Waals surface area contributed by atoms with Crippen molar-refractivity contribution in [1.29, 1.82) is 0 Å². The summed E-state index contributed by atoms with van der Waals surface area (Å²) >= 11 is 0. The maximum Gasteiger partial charge on any atom is 0.460 e. The topological polar surface area (TPSA) is 38.7 Å². The van der Waals surface area contributed by atoms with E-state index >= 15 is 0 Å². The number of aliphatic hydroxyl groups excluding tert-OH is 1. The van der Waals surface area contributed by atoms with Crippen LogP contribution in [-0.2, 0) is 9.47 Å². The molecule has 0 fully saturated rings. The van der Waals surface area contributed by atoms with Crippen molar-refractivity contribution in [3.63, 3.8) is 0 Å². The fourth-order valence-corrected chi connectivity index (χ4v) is 6.45. The van der Waals surface area contributed by atoms with E-state index in [1.54, 1.807) is 0 Å². The summed E-state index contributed by atoms with van der Waals surface area (Å²) in [7, 11) is 0. The molecule has 37 heteroatoms. The summed E-state index contributed by atoms with van der Waals surface area (Å²) in [5.41, 5.74) is 0. The van der Waals surface area contributed by atoms with Crippen molar-refractivity contribution in [2.75, 3.05) is 26.4 Å². The van der Waals surface area contributed by atoms with Crippen molar-refractivity contribution < 1.29 is 164 Å². The van der Waals surface area contributed by atoms with Gasteiger partial charge in [0, 0.05) is 26.1 Å². The van der Waals surface area contributed by atoms with Crippen LogP contribution >= 0.6 is 0 Å². The van der Waals surface area contributed by atoms with E-state index in [2.05, 4.69) is 0 Å². The molecule has 0 amide bonds. The van der Waals surface area contributed by atoms with E-state index in [1.807, 2.05) is 0 Å². The number of alkyl halides is 34. The Morgan fingerprint density at radius 1 is 0.250 bits per heavy atom. The lowest BCUT2D eigenvalue weighted by molar-refractivity contribution is -0.461. The van der Waals surface area contributed by atoms with Crippen LogP contribution in [0.15, 0.2) is 0 Å². The largest absolute Gasteiger partial charge is 0.460 e. The molecule has 0 radical (unpaired) electrons. The van der Waals surface area contributed by atoms with Crippen molar-refractivity contribution in [3.05, 3.63) is 0 Å². The van der Waals surface area contributed by atoms with E-state index in [-0.39, 0.29) is 51.9 Å². The first-order chi connectivity index (χ1) is 33.6. The van der Waals surface area contributed by atoms with E-state index in [0.29, 0.717) is 44.9 Å². The second-order valence-electron chi connectivity index (χ2n) is 17.2. The molecule has 458 valence electrons. The quantitative estimate of drug-likeness (QED) is 0.0495. The predicted molar refractivity (Wildman–Crippen MR) is 192 cm³/mol. The van der Waals surface area contributed by atoms with Crippen LogP contribution < -0.4 is 0 Å². The number of rotatable bonds is 38. The van der Waals surface area contributed by atoms with Crippen LogP contribution in [0.4, 0.5) is 149 Å². The molecule has 3 nitrogen and oxygen atoms in total. The van der Waals surface area contributed by atoms with Crippen LogP contribution in [-0.4, -0.2) is 133 Å². The molecule has 0 aromatic carbocycles. The highest BCUT2D eigenvalue weighted by atomic mass is 19.4. The van der Waals surface area contributed by atoms with Gasteiger partial charge < -0.3 is 14.6 Å². The summed E-state index contributed by atoms with van der Waals surface area (Å²) in [5.74, 6) is -113. The van der Waals surface area contributed by atoms with Gasteiger partial charge in [0.05, 0.1) is 13.2 Å². The molecule has 1 unspecified atom stereocenters. The Morgan fingerprint density at radius 2 is 0.461 bits per heavy atom. The van der Waals surface area contributed by atoms with Gasteiger partial charge in [0.2, 0.25) is 0 Å². The van der Waals surface area contributed by atoms with Crippen LogP contribution in [0.25, 0.3) is 0 Å². The molecule has 0 heterocycles. The Hall–Kier alpha value is -2.50. The molecule has 0 aliphatic heterocycles. The minimum absolute atomic E-state index is 0.0247. The second kappa shape index (κ2) is 25.5. The van der Waals surface area contributed by atoms with Gasteiger partial charge in [-0.25, -0.2) is 0 Å². The number of hydrogen-bond acceptors (Lipinski definition) is 3. The van der Waals surface area contributed by atoms with Gasteiger partial charge in [-0.15, -0.1) is 0 Å². The zero-order valence-electron chi connectivity index (χ0n) is 38.2. The molecular formula is C39H46F34O3. The normalized spacial score (nSPS) is 16.0. The molecular weight excluding hydrogens is 1160 g/mol. The maximum atomic E-state index is 14.0. The van der Waals surface area contributed by atoms with E-state index in [1.165, 1.54) is 0 Å². The summed E-state index contributed by atoms with van der Waals surface area (Å²) in [5, 5.41) is 9.44. The van der Waals surface area contributed by atoms with Gasteiger partial charge in [-0.05, 0) is 25.7 Å². The van der Waals surface area contributed by atoms with Crippen molar-refractivity contribution >= 4 is 0 Å². The van der Waals surface area contributed by atoms with Crippen molar-refractivity contribution in [1.82, 2.24) is 0 Å². The van der Waals surface area contributed by atoms with E-state index in [4.69, 9.17) is 9.47 Å². The molecule has 76 heavy (non-hydrogen) atoms. The van der Waals surface area contributed by atoms with Crippen molar-refractivity contribution in [2.45, 2.75) is 217 Å². The third-order valence-corrected chi connectivity index (χ3v) is 11.3. The summed E-state index contributed by atoms with van der Waals surface area (Å²) < 4.78 is 466. The highest BCUT2D eigenvalue weighted by Gasteiger charge is 2.97. The van der Waals surface area contributed by atoms with E-state index in [0.717, 1.165) is 0 Å². The van der Waals surface area contributed by atoms with E-state index < -0.39 is 147 Å². The monoisotopic (exact) mass is 1210 g/mol. The maximum absolute atomic E-state index is 14.0. The zero-order chi connectivity index (χ0) is 60.5. The Bertz CT molecular complexity index is 1720. The molecule has 0 saturated heterocycles. The van der Waals surface area contributed by atoms with Gasteiger partial charge in [-0.2, -0.15) is 149 Å². The number of halogens is 34. The van der Waals surface area contributed by atoms with Crippen LogP contribution in [0.2, 0.25) is 0 Å². The number of aliphatic hydroxyl groups is 1. The molecule has 1 atom stereocenters. The van der Waals surface area contributed by atoms with Crippen LogP contribution in [0.5, 0.6) is 0 Å². The second-order valence-corrected chi connectivity index (χ2v) is 17.2. The Labute approximate surface area is 407 Å². The first-order valence-corrected chi connectivity index (χ1v) is 21.9. The van der Waals surface area contributed by atoms with Crippen molar-refractivity contribution in [3.8, 4) is 0 Å². The van der Waals surface area contributed by atoms with Gasteiger partial charge in [-0.1, -0.05) is 77.0 Å². The lowest BCUT2D eigenvalue weighted by Crippen LogP contribution is -2.74. The van der Waals surface area contributed by atoms with Crippen LogP contribution in [0.1, 0.15) is 116 Å². The fraction of sp³-hybridized carbons (Fsp3) is 1.00. The number of ether oxygens (including phenoxy) is 2. The minimum Gasteiger partial charge on any atom is -0.394 e. The first-order valence-electron chi connectivity index (χ1n) is 21.9. The first kappa shape index (κ1) is 73.5. The molecule has 0 rings (SSSR count). The van der Waals surface area contributed by atoms with Crippen molar-refractivity contribution in [2.24, 2.45) is 0 Å². The molecule has 0 aromatic rings. The van der Waals surface area contributed by atoms with E-state index in [9.17, 15) is 154 Å². The molecule has 0 aliphatic rings. The molecule has 0 aromatic heterocycles. The average Bonchev–Trinajstić information content (AvgIpc) is 3.25. The van der Waals surface area contributed by atoms with Gasteiger partial charge in [0.15, 0.2) is 0 Å². The highest BCUT2D eigenvalue weighted by molar-refractivity contribution is 5.16.